The number of hydrogen-bond donors (Lipinski definition) is 3. The van der Waals surface area contributed by atoms with E-state index in [2.05, 4.69) is 20.9 Å². The van der Waals surface area contributed by atoms with Gasteiger partial charge in [-0.05, 0) is 43.2 Å². The fourth-order valence-electron chi connectivity index (χ4n) is 2.66. The fourth-order valence-corrected chi connectivity index (χ4v) is 2.66. The standard InChI is InChI=1S/C22H30N4O3/c1-5-23-22(25-14-18-9-6-16(2)12-20(18)29-4)26-15-21(27)24-13-17-7-10-19(28-3)11-8-17/h6-12H,5,13-15H2,1-4H3,(H,24,27)(H2,23,25,26). The minimum absolute atomic E-state index is 0.112. The third kappa shape index (κ3) is 7.37. The Balaban J connectivity index is 1.87. The summed E-state index contributed by atoms with van der Waals surface area (Å²) < 4.78 is 10.6. The number of hydrogen-bond acceptors (Lipinski definition) is 4. The first-order valence-corrected chi connectivity index (χ1v) is 9.61. The van der Waals surface area contributed by atoms with Crippen LogP contribution in [0.2, 0.25) is 0 Å². The normalized spacial score (nSPS) is 11.0. The molecule has 1 amide bonds. The number of guanidine groups is 1. The molecular weight excluding hydrogens is 368 g/mol. The molecule has 7 nitrogen and oxygen atoms in total. The van der Waals surface area contributed by atoms with Crippen LogP contribution in [0.15, 0.2) is 47.5 Å². The maximum Gasteiger partial charge on any atom is 0.239 e. The largest absolute Gasteiger partial charge is 0.497 e. The Morgan fingerprint density at radius 2 is 1.76 bits per heavy atom. The molecule has 0 spiro atoms. The summed E-state index contributed by atoms with van der Waals surface area (Å²) in [7, 11) is 3.28. The monoisotopic (exact) mass is 398 g/mol. The van der Waals surface area contributed by atoms with Crippen molar-refractivity contribution in [3.05, 3.63) is 59.2 Å². The summed E-state index contributed by atoms with van der Waals surface area (Å²) in [5, 5.41) is 9.09. The number of carbonyl (C=O) groups is 1. The second-order valence-electron chi connectivity index (χ2n) is 6.49. The molecule has 0 aromatic heterocycles. The molecule has 2 aromatic carbocycles. The van der Waals surface area contributed by atoms with Gasteiger partial charge in [-0.2, -0.15) is 0 Å². The first kappa shape index (κ1) is 22.1. The third-order valence-electron chi connectivity index (χ3n) is 4.26. The van der Waals surface area contributed by atoms with Crippen LogP contribution in [0.3, 0.4) is 0 Å². The molecule has 0 aliphatic rings. The van der Waals surface area contributed by atoms with Crippen LogP contribution in [0.25, 0.3) is 0 Å². The highest BCUT2D eigenvalue weighted by molar-refractivity contribution is 5.86. The first-order valence-electron chi connectivity index (χ1n) is 9.61. The van der Waals surface area contributed by atoms with Gasteiger partial charge in [0.1, 0.15) is 11.5 Å². The van der Waals surface area contributed by atoms with Gasteiger partial charge in [-0.15, -0.1) is 0 Å². The van der Waals surface area contributed by atoms with Gasteiger partial charge in [0.15, 0.2) is 5.96 Å². The summed E-state index contributed by atoms with van der Waals surface area (Å²) in [6.07, 6.45) is 0. The Morgan fingerprint density at radius 3 is 2.41 bits per heavy atom. The van der Waals surface area contributed by atoms with Crippen molar-refractivity contribution >= 4 is 11.9 Å². The zero-order valence-corrected chi connectivity index (χ0v) is 17.5. The van der Waals surface area contributed by atoms with Gasteiger partial charge in [-0.3, -0.25) is 4.79 Å². The Morgan fingerprint density at radius 1 is 1.00 bits per heavy atom. The minimum Gasteiger partial charge on any atom is -0.497 e. The van der Waals surface area contributed by atoms with Gasteiger partial charge in [-0.25, -0.2) is 4.99 Å². The Kier molecular flexibility index (Phi) is 8.82. The van der Waals surface area contributed by atoms with E-state index < -0.39 is 0 Å². The zero-order valence-electron chi connectivity index (χ0n) is 17.5. The van der Waals surface area contributed by atoms with Gasteiger partial charge in [0.2, 0.25) is 5.91 Å². The molecule has 0 heterocycles. The van der Waals surface area contributed by atoms with E-state index in [4.69, 9.17) is 9.47 Å². The molecule has 0 radical (unpaired) electrons. The van der Waals surface area contributed by atoms with Crippen LogP contribution in [0.5, 0.6) is 11.5 Å². The lowest BCUT2D eigenvalue weighted by Crippen LogP contribution is -2.43. The first-order chi connectivity index (χ1) is 14.0. The molecule has 0 saturated carbocycles. The molecule has 0 atom stereocenters. The van der Waals surface area contributed by atoms with Crippen LogP contribution in [-0.4, -0.2) is 39.2 Å². The molecule has 0 saturated heterocycles. The van der Waals surface area contributed by atoms with Crippen molar-refractivity contribution in [2.24, 2.45) is 4.99 Å². The molecule has 0 unspecified atom stereocenters. The van der Waals surface area contributed by atoms with E-state index in [1.807, 2.05) is 56.3 Å². The summed E-state index contributed by atoms with van der Waals surface area (Å²) in [6.45, 7) is 5.74. The summed E-state index contributed by atoms with van der Waals surface area (Å²) in [5.74, 6) is 2.06. The van der Waals surface area contributed by atoms with Crippen molar-refractivity contribution in [1.82, 2.24) is 16.0 Å². The number of ether oxygens (including phenoxy) is 2. The fraction of sp³-hybridized carbons (Fsp3) is 0.364. The van der Waals surface area contributed by atoms with Crippen LogP contribution in [0.4, 0.5) is 0 Å². The van der Waals surface area contributed by atoms with Crippen molar-refractivity contribution < 1.29 is 14.3 Å². The Bertz CT molecular complexity index is 819. The minimum atomic E-state index is -0.112. The third-order valence-corrected chi connectivity index (χ3v) is 4.26. The predicted molar refractivity (Wildman–Crippen MR) is 115 cm³/mol. The number of benzene rings is 2. The second-order valence-corrected chi connectivity index (χ2v) is 6.49. The van der Waals surface area contributed by atoms with Gasteiger partial charge < -0.3 is 25.4 Å². The molecule has 2 aromatic rings. The number of nitrogens with one attached hydrogen (secondary N) is 3. The summed E-state index contributed by atoms with van der Waals surface area (Å²) >= 11 is 0. The highest BCUT2D eigenvalue weighted by atomic mass is 16.5. The van der Waals surface area contributed by atoms with Crippen molar-refractivity contribution in [2.45, 2.75) is 26.9 Å². The van der Waals surface area contributed by atoms with Crippen LogP contribution < -0.4 is 25.4 Å². The molecule has 0 bridgehead atoms. The van der Waals surface area contributed by atoms with E-state index >= 15 is 0 Å². The van der Waals surface area contributed by atoms with E-state index in [9.17, 15) is 4.79 Å². The van der Waals surface area contributed by atoms with Crippen molar-refractivity contribution in [3.63, 3.8) is 0 Å². The Hall–Kier alpha value is -3.22. The molecule has 29 heavy (non-hydrogen) atoms. The zero-order chi connectivity index (χ0) is 21.1. The number of methoxy groups -OCH3 is 2. The number of aliphatic imine (C=N–C) groups is 1. The van der Waals surface area contributed by atoms with Crippen LogP contribution in [-0.2, 0) is 17.9 Å². The molecule has 2 rings (SSSR count). The lowest BCUT2D eigenvalue weighted by atomic mass is 10.1. The molecule has 0 aliphatic carbocycles. The maximum absolute atomic E-state index is 12.2. The number of amides is 1. The van der Waals surface area contributed by atoms with Gasteiger partial charge in [-0.1, -0.05) is 24.3 Å². The van der Waals surface area contributed by atoms with Crippen molar-refractivity contribution in [2.75, 3.05) is 27.3 Å². The van der Waals surface area contributed by atoms with E-state index in [-0.39, 0.29) is 12.5 Å². The Labute approximate surface area is 172 Å². The highest BCUT2D eigenvalue weighted by Gasteiger charge is 2.06. The molecule has 3 N–H and O–H groups in total. The lowest BCUT2D eigenvalue weighted by molar-refractivity contribution is -0.120. The maximum atomic E-state index is 12.2. The summed E-state index contributed by atoms with van der Waals surface area (Å²) in [6, 6.07) is 13.6. The van der Waals surface area contributed by atoms with Crippen LogP contribution in [0.1, 0.15) is 23.6 Å². The van der Waals surface area contributed by atoms with Gasteiger partial charge >= 0.3 is 0 Å². The SMILES string of the molecule is CCNC(=NCc1ccc(C)cc1OC)NCC(=O)NCc1ccc(OC)cc1. The van der Waals surface area contributed by atoms with Gasteiger partial charge in [0, 0.05) is 18.7 Å². The van der Waals surface area contributed by atoms with Gasteiger partial charge in [0.05, 0.1) is 27.3 Å². The highest BCUT2D eigenvalue weighted by Crippen LogP contribution is 2.20. The van der Waals surface area contributed by atoms with Crippen molar-refractivity contribution in [3.8, 4) is 11.5 Å². The number of rotatable bonds is 9. The van der Waals surface area contributed by atoms with Crippen molar-refractivity contribution in [1.29, 1.82) is 0 Å². The lowest BCUT2D eigenvalue weighted by Gasteiger charge is -2.13. The molecule has 156 valence electrons. The average molecular weight is 399 g/mol. The average Bonchev–Trinajstić information content (AvgIpc) is 2.75. The van der Waals surface area contributed by atoms with E-state index in [1.54, 1.807) is 14.2 Å². The van der Waals surface area contributed by atoms with E-state index in [1.165, 1.54) is 0 Å². The molecule has 0 aliphatic heterocycles. The quantitative estimate of drug-likeness (QED) is 0.446. The number of carbonyl (C=O) groups excluding carboxylic acids is 1. The predicted octanol–water partition coefficient (Wildman–Crippen LogP) is 2.38. The topological polar surface area (TPSA) is 84.0 Å². The number of aryl methyl sites for hydroxylation is 1. The molecule has 0 fully saturated rings. The second kappa shape index (κ2) is 11.6. The summed E-state index contributed by atoms with van der Waals surface area (Å²) in [5.41, 5.74) is 3.12. The van der Waals surface area contributed by atoms with E-state index in [0.717, 1.165) is 28.2 Å². The van der Waals surface area contributed by atoms with Crippen LogP contribution in [0, 0.1) is 6.92 Å². The smallest absolute Gasteiger partial charge is 0.239 e. The molecular formula is C22H30N4O3. The van der Waals surface area contributed by atoms with Gasteiger partial charge in [0.25, 0.3) is 0 Å². The van der Waals surface area contributed by atoms with E-state index in [0.29, 0.717) is 25.6 Å². The molecule has 7 heteroatoms. The van der Waals surface area contributed by atoms with Crippen LogP contribution >= 0.6 is 0 Å². The summed E-state index contributed by atoms with van der Waals surface area (Å²) in [4.78, 5) is 16.7. The number of nitrogens with zero attached hydrogens (tertiary/aromatic N) is 1.